The molecule has 0 N–H and O–H groups in total. The van der Waals surface area contributed by atoms with Gasteiger partial charge in [0.1, 0.15) is 0 Å². The van der Waals surface area contributed by atoms with Gasteiger partial charge in [-0.1, -0.05) is 160 Å². The maximum absolute atomic E-state index is 11.7. The fraction of sp³-hybridized carbons (Fsp3) is 1.00. The van der Waals surface area contributed by atoms with Gasteiger partial charge in [-0.3, -0.25) is 0 Å². The Labute approximate surface area is 294 Å². The van der Waals surface area contributed by atoms with Gasteiger partial charge in [0.05, 0.1) is 0 Å². The van der Waals surface area contributed by atoms with Crippen LogP contribution in [0.1, 0.15) is 171 Å². The van der Waals surface area contributed by atoms with Crippen LogP contribution in [0.5, 0.6) is 0 Å². The molecule has 0 bridgehead atoms. The average molecular weight is 657 g/mol. The molecule has 6 unspecified atom stereocenters. The summed E-state index contributed by atoms with van der Waals surface area (Å²) in [6, 6.07) is 0. The molecule has 0 aromatic rings. The number of hydrogen-bond donors (Lipinski definition) is 0. The van der Waals surface area contributed by atoms with Gasteiger partial charge < -0.3 is 28.7 Å². The molecule has 0 fully saturated rings. The van der Waals surface area contributed by atoms with Crippen molar-refractivity contribution in [2.24, 2.45) is 23.7 Å². The van der Waals surface area contributed by atoms with Crippen LogP contribution < -0.4 is 19.6 Å². The van der Waals surface area contributed by atoms with Crippen molar-refractivity contribution in [3.8, 4) is 0 Å². The van der Waals surface area contributed by atoms with Crippen LogP contribution in [0.15, 0.2) is 0 Å². The van der Waals surface area contributed by atoms with Gasteiger partial charge in [-0.05, 0) is 60.7 Å². The summed E-state index contributed by atoms with van der Waals surface area (Å²) in [5, 5.41) is 0. The molecule has 0 aliphatic carbocycles. The SMILES string of the molecule is CCCCC(CC)CC(C(CC)CCCC)P(=O)([O-])[O-].CCCCC(CC)CC(C(CC)CCCC)P(=O)([O-])[O-].[Mg+2].[Mg+2]. The molecular formula is C32H66Mg2O6P2. The molecule has 0 aliphatic heterocycles. The molecule has 0 spiro atoms. The summed E-state index contributed by atoms with van der Waals surface area (Å²) in [5.74, 6) is 0.858. The van der Waals surface area contributed by atoms with Crippen LogP contribution in [-0.4, -0.2) is 57.4 Å². The summed E-state index contributed by atoms with van der Waals surface area (Å²) in [4.78, 5) is 46.8. The van der Waals surface area contributed by atoms with Crippen molar-refractivity contribution in [3.63, 3.8) is 0 Å². The number of rotatable bonds is 24. The first-order valence-corrected chi connectivity index (χ1v) is 20.1. The van der Waals surface area contributed by atoms with E-state index in [0.717, 1.165) is 103 Å². The molecule has 0 saturated carbocycles. The molecule has 10 heteroatoms. The average Bonchev–Trinajstić information content (AvgIpc) is 2.90. The minimum Gasteiger partial charge on any atom is -0.811 e. The maximum atomic E-state index is 11.7. The second kappa shape index (κ2) is 30.2. The third-order valence-electron chi connectivity index (χ3n) is 9.04. The van der Waals surface area contributed by atoms with E-state index in [-0.39, 0.29) is 57.9 Å². The Balaban J connectivity index is -0.000000328. The third kappa shape index (κ3) is 24.1. The zero-order chi connectivity index (χ0) is 31.2. The normalized spacial score (nSPS) is 16.1. The molecule has 0 aromatic carbocycles. The fourth-order valence-electron chi connectivity index (χ4n) is 6.08. The number of unbranched alkanes of at least 4 members (excludes halogenated alkanes) is 4. The van der Waals surface area contributed by atoms with Crippen LogP contribution in [0.3, 0.4) is 0 Å². The van der Waals surface area contributed by atoms with Crippen molar-refractivity contribution in [2.75, 3.05) is 0 Å². The van der Waals surface area contributed by atoms with E-state index in [0.29, 0.717) is 24.7 Å². The van der Waals surface area contributed by atoms with Crippen LogP contribution in [0.2, 0.25) is 0 Å². The van der Waals surface area contributed by atoms with Crippen molar-refractivity contribution in [3.05, 3.63) is 0 Å². The van der Waals surface area contributed by atoms with Crippen molar-refractivity contribution in [1.82, 2.24) is 0 Å². The first-order valence-electron chi connectivity index (χ1n) is 16.8. The smallest absolute Gasteiger partial charge is 0.811 e. The minimum absolute atomic E-state index is 0. The monoisotopic (exact) mass is 656 g/mol. The molecule has 0 rings (SSSR count). The molecule has 0 heterocycles. The Morgan fingerprint density at radius 2 is 0.714 bits per heavy atom. The molecule has 244 valence electrons. The third-order valence-corrected chi connectivity index (χ3v) is 11.9. The van der Waals surface area contributed by atoms with E-state index < -0.39 is 26.5 Å². The zero-order valence-corrected chi connectivity index (χ0v) is 33.6. The summed E-state index contributed by atoms with van der Waals surface area (Å²) in [6.07, 6.45) is 17.2. The van der Waals surface area contributed by atoms with E-state index in [2.05, 4.69) is 41.5 Å². The van der Waals surface area contributed by atoms with Crippen molar-refractivity contribution < 1.29 is 28.7 Å². The van der Waals surface area contributed by atoms with Crippen LogP contribution in [-0.2, 0) is 9.13 Å². The van der Waals surface area contributed by atoms with Crippen LogP contribution in [0.4, 0.5) is 0 Å². The molecule has 6 nitrogen and oxygen atoms in total. The Morgan fingerprint density at radius 3 is 0.905 bits per heavy atom. The van der Waals surface area contributed by atoms with Crippen LogP contribution in [0, 0.1) is 23.7 Å². The topological polar surface area (TPSA) is 126 Å². The molecule has 6 atom stereocenters. The van der Waals surface area contributed by atoms with Gasteiger partial charge in [-0.25, -0.2) is 0 Å². The van der Waals surface area contributed by atoms with Crippen molar-refractivity contribution >= 4 is 61.3 Å². The standard InChI is InChI=1S/2C16H35O3P.2Mg/c2*1-5-9-11-14(7-3)13-16(20(17,18)19)15(8-4)12-10-6-2;;/h2*14-16H,5-13H2,1-4H3,(H2,17,18,19);;/q;;2*+2/p-4. The van der Waals surface area contributed by atoms with E-state index in [9.17, 15) is 28.7 Å². The first-order chi connectivity index (χ1) is 18.8. The summed E-state index contributed by atoms with van der Waals surface area (Å²) >= 11 is 0. The van der Waals surface area contributed by atoms with E-state index in [1.165, 1.54) is 0 Å². The molecular weight excluding hydrogens is 591 g/mol. The Kier molecular flexibility index (Phi) is 36.4. The molecule has 0 saturated heterocycles. The Bertz CT molecular complexity index is 617. The second-order valence-electron chi connectivity index (χ2n) is 12.1. The van der Waals surface area contributed by atoms with Gasteiger partial charge in [-0.2, -0.15) is 0 Å². The summed E-state index contributed by atoms with van der Waals surface area (Å²) in [6.45, 7) is 16.7. The summed E-state index contributed by atoms with van der Waals surface area (Å²) < 4.78 is 23.4. The predicted octanol–water partition coefficient (Wildman–Crippen LogP) is 7.42. The largest absolute Gasteiger partial charge is 2.00 e. The Morgan fingerprint density at radius 1 is 0.452 bits per heavy atom. The number of hydrogen-bond acceptors (Lipinski definition) is 6. The van der Waals surface area contributed by atoms with Gasteiger partial charge >= 0.3 is 46.1 Å². The van der Waals surface area contributed by atoms with Crippen LogP contribution >= 0.6 is 15.2 Å². The van der Waals surface area contributed by atoms with Gasteiger partial charge in [0, 0.05) is 0 Å². The zero-order valence-electron chi connectivity index (χ0n) is 29.0. The van der Waals surface area contributed by atoms with Crippen molar-refractivity contribution in [2.45, 2.75) is 182 Å². The van der Waals surface area contributed by atoms with E-state index >= 15 is 0 Å². The first kappa shape index (κ1) is 50.7. The predicted molar refractivity (Wildman–Crippen MR) is 177 cm³/mol. The van der Waals surface area contributed by atoms with E-state index in [1.807, 2.05) is 13.8 Å². The Hall–Kier alpha value is 1.83. The van der Waals surface area contributed by atoms with Crippen LogP contribution in [0.25, 0.3) is 0 Å². The van der Waals surface area contributed by atoms with Gasteiger partial charge in [-0.15, -0.1) is 0 Å². The van der Waals surface area contributed by atoms with Gasteiger partial charge in [0.15, 0.2) is 0 Å². The van der Waals surface area contributed by atoms with Crippen molar-refractivity contribution in [1.29, 1.82) is 0 Å². The minimum atomic E-state index is -4.49. The van der Waals surface area contributed by atoms with E-state index in [4.69, 9.17) is 0 Å². The molecule has 0 amide bonds. The fourth-order valence-corrected chi connectivity index (χ4v) is 8.94. The van der Waals surface area contributed by atoms with Gasteiger partial charge in [0.2, 0.25) is 0 Å². The summed E-state index contributed by atoms with van der Waals surface area (Å²) in [5.41, 5.74) is -1.30. The van der Waals surface area contributed by atoms with E-state index in [1.54, 1.807) is 0 Å². The van der Waals surface area contributed by atoms with Gasteiger partial charge in [0.25, 0.3) is 0 Å². The quantitative estimate of drug-likeness (QED) is 0.0786. The maximum Gasteiger partial charge on any atom is 2.00 e. The molecule has 0 aliphatic rings. The molecule has 0 radical (unpaired) electrons. The molecule has 42 heavy (non-hydrogen) atoms. The second-order valence-corrected chi connectivity index (χ2v) is 15.6. The molecule has 0 aromatic heterocycles. The summed E-state index contributed by atoms with van der Waals surface area (Å²) in [7, 11) is -8.98.